The van der Waals surface area contributed by atoms with Crippen molar-refractivity contribution in [3.63, 3.8) is 0 Å². The molecule has 4 nitrogen and oxygen atoms in total. The van der Waals surface area contributed by atoms with Gasteiger partial charge in [-0.15, -0.1) is 0 Å². The fourth-order valence-corrected chi connectivity index (χ4v) is 5.95. The average Bonchev–Trinajstić information content (AvgIpc) is 2.81. The van der Waals surface area contributed by atoms with Crippen molar-refractivity contribution < 1.29 is 13.0 Å². The molecule has 3 rings (SSSR count). The molecule has 1 aliphatic rings. The number of hydrogen-bond acceptors (Lipinski definition) is 4. The van der Waals surface area contributed by atoms with Crippen LogP contribution in [-0.2, 0) is 23.0 Å². The molecule has 188 valence electrons. The van der Waals surface area contributed by atoms with Crippen LogP contribution in [0.3, 0.4) is 0 Å². The van der Waals surface area contributed by atoms with E-state index in [0.29, 0.717) is 13.0 Å². The highest BCUT2D eigenvalue weighted by Gasteiger charge is 2.26. The van der Waals surface area contributed by atoms with Gasteiger partial charge in [0.25, 0.3) is 10.1 Å². The largest absolute Gasteiger partial charge is 0.340 e. The minimum Gasteiger partial charge on any atom is -0.340 e. The molecular weight excluding hydrogens is 462 g/mol. The Morgan fingerprint density at radius 2 is 1.32 bits per heavy atom. The van der Waals surface area contributed by atoms with Gasteiger partial charge in [-0.05, 0) is 74.4 Å². The summed E-state index contributed by atoms with van der Waals surface area (Å²) in [6, 6.07) is 13.5. The Morgan fingerprint density at radius 1 is 0.824 bits per heavy atom. The average molecular weight is 504 g/mol. The molecule has 0 saturated carbocycles. The molecule has 34 heavy (non-hydrogen) atoms. The normalized spacial score (nSPS) is 14.1. The molecule has 0 aromatic heterocycles. The summed E-state index contributed by atoms with van der Waals surface area (Å²) in [5, 5.41) is -0.788. The molecule has 1 unspecified atom stereocenters. The maximum Gasteiger partial charge on any atom is 0.267 e. The van der Waals surface area contributed by atoms with Crippen LogP contribution in [0.15, 0.2) is 46.2 Å². The number of unbranched alkanes of at least 4 members (excludes halogenated alkanes) is 6. The second-order valence-electron chi connectivity index (χ2n) is 9.59. The summed E-state index contributed by atoms with van der Waals surface area (Å²) in [4.78, 5) is 4.70. The van der Waals surface area contributed by atoms with Gasteiger partial charge in [0, 0.05) is 16.3 Å². The van der Waals surface area contributed by atoms with Crippen molar-refractivity contribution >= 4 is 33.3 Å². The Labute approximate surface area is 211 Å². The van der Waals surface area contributed by atoms with Crippen LogP contribution in [0.4, 0.5) is 11.4 Å². The third kappa shape index (κ3) is 7.50. The van der Waals surface area contributed by atoms with Gasteiger partial charge in [-0.2, -0.15) is 8.42 Å². The SMILES string of the molecule is CCCCCCc1ccc2c(c1)N(CCC(C)S(=O)(=O)O)c1cc(CCCCCC)ccc1S2. The first kappa shape index (κ1) is 27.1. The van der Waals surface area contributed by atoms with Gasteiger partial charge < -0.3 is 4.90 Å². The fraction of sp³-hybridized carbons (Fsp3) is 0.571. The Morgan fingerprint density at radius 3 is 1.76 bits per heavy atom. The number of benzene rings is 2. The van der Waals surface area contributed by atoms with Gasteiger partial charge >= 0.3 is 0 Å². The molecule has 1 heterocycles. The monoisotopic (exact) mass is 503 g/mol. The predicted octanol–water partition coefficient (Wildman–Crippen LogP) is 8.20. The van der Waals surface area contributed by atoms with E-state index in [0.717, 1.165) is 24.2 Å². The molecule has 0 aliphatic carbocycles. The maximum absolute atomic E-state index is 11.7. The van der Waals surface area contributed by atoms with Gasteiger partial charge in [0.15, 0.2) is 0 Å². The number of hydrogen-bond donors (Lipinski definition) is 1. The first-order chi connectivity index (χ1) is 16.3. The molecule has 0 radical (unpaired) electrons. The lowest BCUT2D eigenvalue weighted by atomic mass is 10.0. The van der Waals surface area contributed by atoms with Gasteiger partial charge in [-0.1, -0.05) is 76.3 Å². The number of rotatable bonds is 14. The van der Waals surface area contributed by atoms with E-state index in [4.69, 9.17) is 0 Å². The standard InChI is InChI=1S/C28H41NO3S2/c1-4-6-8-10-12-23-14-16-27-25(20-23)29(19-18-22(3)34(30,31)32)26-21-24(13-11-9-7-5-2)15-17-28(26)33-27/h14-17,20-22H,4-13,18-19H2,1-3H3,(H,30,31,32). The van der Waals surface area contributed by atoms with Crippen molar-refractivity contribution in [1.82, 2.24) is 0 Å². The van der Waals surface area contributed by atoms with Gasteiger partial charge in [0.1, 0.15) is 0 Å². The number of aryl methyl sites for hydroxylation is 2. The third-order valence-electron chi connectivity index (χ3n) is 6.75. The van der Waals surface area contributed by atoms with Crippen molar-refractivity contribution in [1.29, 1.82) is 0 Å². The summed E-state index contributed by atoms with van der Waals surface area (Å²) in [6.07, 6.45) is 12.4. The van der Waals surface area contributed by atoms with E-state index in [1.807, 2.05) is 0 Å². The Kier molecular flexibility index (Phi) is 10.3. The zero-order valence-corrected chi connectivity index (χ0v) is 22.7. The summed E-state index contributed by atoms with van der Waals surface area (Å²) in [5.74, 6) is 0. The molecule has 0 saturated heterocycles. The highest BCUT2D eigenvalue weighted by Crippen LogP contribution is 2.49. The summed E-state index contributed by atoms with van der Waals surface area (Å²) in [5.41, 5.74) is 5.00. The van der Waals surface area contributed by atoms with Crippen molar-refractivity contribution in [2.75, 3.05) is 11.4 Å². The van der Waals surface area contributed by atoms with Gasteiger partial charge in [0.05, 0.1) is 16.6 Å². The predicted molar refractivity (Wildman–Crippen MR) is 145 cm³/mol. The first-order valence-electron chi connectivity index (χ1n) is 13.0. The topological polar surface area (TPSA) is 57.6 Å². The first-order valence-corrected chi connectivity index (χ1v) is 15.3. The molecule has 0 bridgehead atoms. The van der Waals surface area contributed by atoms with Crippen LogP contribution in [0.5, 0.6) is 0 Å². The van der Waals surface area contributed by atoms with Gasteiger partial charge in [-0.25, -0.2) is 0 Å². The van der Waals surface area contributed by atoms with E-state index < -0.39 is 15.4 Å². The zero-order chi connectivity index (χ0) is 24.6. The van der Waals surface area contributed by atoms with E-state index in [2.05, 4.69) is 55.1 Å². The number of nitrogens with zero attached hydrogens (tertiary/aromatic N) is 1. The van der Waals surface area contributed by atoms with E-state index in [9.17, 15) is 13.0 Å². The second-order valence-corrected chi connectivity index (χ2v) is 12.5. The minimum absolute atomic E-state index is 0.379. The fourth-order valence-electron chi connectivity index (χ4n) is 4.49. The molecule has 1 atom stereocenters. The Bertz CT molecular complexity index is 974. The zero-order valence-electron chi connectivity index (χ0n) is 21.1. The number of fused-ring (bicyclic) bond motifs is 2. The lowest BCUT2D eigenvalue weighted by molar-refractivity contribution is 0.466. The highest BCUT2D eigenvalue weighted by atomic mass is 32.2. The van der Waals surface area contributed by atoms with Crippen molar-refractivity contribution in [3.05, 3.63) is 47.5 Å². The smallest absolute Gasteiger partial charge is 0.267 e. The quantitative estimate of drug-likeness (QED) is 0.208. The van der Waals surface area contributed by atoms with E-state index in [1.54, 1.807) is 18.7 Å². The summed E-state index contributed by atoms with van der Waals surface area (Å²) < 4.78 is 32.9. The van der Waals surface area contributed by atoms with Crippen molar-refractivity contribution in [2.45, 2.75) is 106 Å². The van der Waals surface area contributed by atoms with E-state index in [-0.39, 0.29) is 0 Å². The van der Waals surface area contributed by atoms with Crippen molar-refractivity contribution in [2.24, 2.45) is 0 Å². The molecule has 1 aliphatic heterocycles. The molecule has 2 aromatic carbocycles. The third-order valence-corrected chi connectivity index (χ3v) is 9.14. The van der Waals surface area contributed by atoms with Gasteiger partial charge in [-0.3, -0.25) is 4.55 Å². The summed E-state index contributed by atoms with van der Waals surface area (Å²) >= 11 is 1.80. The highest BCUT2D eigenvalue weighted by molar-refractivity contribution is 7.99. The van der Waals surface area contributed by atoms with Crippen LogP contribution in [0, 0.1) is 0 Å². The lowest BCUT2D eigenvalue weighted by Gasteiger charge is -2.34. The molecule has 0 fully saturated rings. The van der Waals surface area contributed by atoms with Crippen LogP contribution < -0.4 is 4.90 Å². The number of anilines is 2. The summed E-state index contributed by atoms with van der Waals surface area (Å²) in [7, 11) is -4.04. The Balaban J connectivity index is 1.87. The molecule has 2 aromatic rings. The molecule has 6 heteroatoms. The molecular formula is C28H41NO3S2. The maximum atomic E-state index is 11.7. The Hall–Kier alpha value is -1.50. The van der Waals surface area contributed by atoms with Crippen LogP contribution >= 0.6 is 11.8 Å². The molecule has 0 spiro atoms. The van der Waals surface area contributed by atoms with Gasteiger partial charge in [0.2, 0.25) is 0 Å². The van der Waals surface area contributed by atoms with Crippen LogP contribution in [0.2, 0.25) is 0 Å². The van der Waals surface area contributed by atoms with Crippen LogP contribution in [0.25, 0.3) is 0 Å². The van der Waals surface area contributed by atoms with Crippen LogP contribution in [0.1, 0.15) is 89.7 Å². The van der Waals surface area contributed by atoms with E-state index in [1.165, 1.54) is 72.3 Å². The second kappa shape index (κ2) is 13.0. The van der Waals surface area contributed by atoms with E-state index >= 15 is 0 Å². The lowest BCUT2D eigenvalue weighted by Crippen LogP contribution is -2.27. The minimum atomic E-state index is -4.04. The van der Waals surface area contributed by atoms with Crippen LogP contribution in [-0.4, -0.2) is 24.8 Å². The molecule has 1 N–H and O–H groups in total. The van der Waals surface area contributed by atoms with Crippen molar-refractivity contribution in [3.8, 4) is 0 Å². The summed E-state index contributed by atoms with van der Waals surface area (Å²) in [6.45, 7) is 6.61. The molecule has 0 amide bonds.